The molecular weight excluding hydrogens is 479 g/mol. The molecule has 1 aromatic carbocycles. The number of pyridine rings is 1. The lowest BCUT2D eigenvalue weighted by Gasteiger charge is -2.13. The number of halogens is 1. The second-order valence-corrected chi connectivity index (χ2v) is 8.74. The van der Waals surface area contributed by atoms with Gasteiger partial charge in [0.25, 0.3) is 0 Å². The van der Waals surface area contributed by atoms with Crippen LogP contribution in [0.1, 0.15) is 23.6 Å². The van der Waals surface area contributed by atoms with Crippen LogP contribution < -0.4 is 10.5 Å². The van der Waals surface area contributed by atoms with Crippen molar-refractivity contribution in [2.24, 2.45) is 0 Å². The minimum atomic E-state index is -0.573. The first-order chi connectivity index (χ1) is 17.5. The fraction of sp³-hybridized carbons (Fsp3) is 0.192. The number of hydrogen-bond acceptors (Lipinski definition) is 7. The molecule has 4 heterocycles. The quantitative estimate of drug-likeness (QED) is 0.296. The van der Waals surface area contributed by atoms with Crippen LogP contribution in [0.15, 0.2) is 61.4 Å². The molecular formula is C26H23FN6O2S. The number of thiocarbonyl (C=S) groups is 1. The molecule has 36 heavy (non-hydrogen) atoms. The molecule has 0 aliphatic carbocycles. The predicted octanol–water partition coefficient (Wildman–Crippen LogP) is 4.35. The van der Waals surface area contributed by atoms with Gasteiger partial charge >= 0.3 is 0 Å². The van der Waals surface area contributed by atoms with E-state index in [1.54, 1.807) is 39.2 Å². The van der Waals surface area contributed by atoms with E-state index in [4.69, 9.17) is 27.7 Å². The van der Waals surface area contributed by atoms with E-state index in [1.807, 2.05) is 12.1 Å². The summed E-state index contributed by atoms with van der Waals surface area (Å²) in [4.78, 5) is 27.1. The smallest absolute Gasteiger partial charge is 0.245 e. The Balaban J connectivity index is 1.51. The first-order valence-electron chi connectivity index (χ1n) is 11.4. The third kappa shape index (κ3) is 4.31. The fourth-order valence-corrected chi connectivity index (χ4v) is 4.66. The van der Waals surface area contributed by atoms with Crippen molar-refractivity contribution in [1.29, 1.82) is 0 Å². The van der Waals surface area contributed by atoms with E-state index in [9.17, 15) is 4.79 Å². The zero-order chi connectivity index (χ0) is 25.2. The summed E-state index contributed by atoms with van der Waals surface area (Å²) < 4.78 is 22.7. The number of rotatable bonds is 7. The van der Waals surface area contributed by atoms with Crippen LogP contribution >= 0.6 is 12.2 Å². The van der Waals surface area contributed by atoms with E-state index < -0.39 is 5.82 Å². The molecule has 1 atom stereocenters. The molecule has 0 saturated carbocycles. The number of likely N-dealkylation sites (tertiary alicyclic amines) is 1. The van der Waals surface area contributed by atoms with Crippen LogP contribution in [0.5, 0.6) is 11.6 Å². The third-order valence-corrected chi connectivity index (χ3v) is 6.39. The molecule has 1 unspecified atom stereocenters. The van der Waals surface area contributed by atoms with E-state index >= 15 is 4.39 Å². The highest BCUT2D eigenvalue weighted by Crippen LogP contribution is 2.35. The van der Waals surface area contributed by atoms with Crippen LogP contribution in [0.2, 0.25) is 0 Å². The molecule has 182 valence electrons. The van der Waals surface area contributed by atoms with Gasteiger partial charge in [-0.3, -0.25) is 9.20 Å². The molecule has 0 spiro atoms. The SMILES string of the molecule is C=CC(=O)N1CCC(c2nc(-c3ccc(Oc4ncccc4CC=S)c(F)c3)n3c(N)nccc23)C1. The normalized spacial score (nSPS) is 15.2. The lowest BCUT2D eigenvalue weighted by atomic mass is 10.0. The maximum Gasteiger partial charge on any atom is 0.245 e. The maximum absolute atomic E-state index is 15.2. The van der Waals surface area contributed by atoms with E-state index in [1.165, 1.54) is 18.2 Å². The summed E-state index contributed by atoms with van der Waals surface area (Å²) in [5, 5.41) is 1.57. The molecule has 0 radical (unpaired) electrons. The van der Waals surface area contributed by atoms with Crippen molar-refractivity contribution < 1.29 is 13.9 Å². The molecule has 1 aliphatic rings. The second-order valence-electron chi connectivity index (χ2n) is 8.40. The molecule has 4 aromatic rings. The van der Waals surface area contributed by atoms with Gasteiger partial charge in [-0.05, 0) is 48.2 Å². The number of imidazole rings is 1. The second kappa shape index (κ2) is 9.82. The average molecular weight is 503 g/mol. The van der Waals surface area contributed by atoms with Crippen LogP contribution in [0.4, 0.5) is 10.3 Å². The summed E-state index contributed by atoms with van der Waals surface area (Å²) in [5.74, 6) is 0.353. The summed E-state index contributed by atoms with van der Waals surface area (Å²) in [6.45, 7) is 4.71. The van der Waals surface area contributed by atoms with Crippen molar-refractivity contribution in [1.82, 2.24) is 24.3 Å². The van der Waals surface area contributed by atoms with Gasteiger partial charge in [0.2, 0.25) is 17.7 Å². The minimum Gasteiger partial charge on any atom is -0.436 e. The van der Waals surface area contributed by atoms with Gasteiger partial charge in [-0.1, -0.05) is 24.9 Å². The van der Waals surface area contributed by atoms with Crippen molar-refractivity contribution in [3.63, 3.8) is 0 Å². The van der Waals surface area contributed by atoms with Gasteiger partial charge in [-0.15, -0.1) is 0 Å². The Kier molecular flexibility index (Phi) is 6.43. The number of benzene rings is 1. The van der Waals surface area contributed by atoms with E-state index in [-0.39, 0.29) is 23.5 Å². The molecule has 3 aromatic heterocycles. The Morgan fingerprint density at radius 2 is 2.14 bits per heavy atom. The lowest BCUT2D eigenvalue weighted by molar-refractivity contribution is -0.125. The van der Waals surface area contributed by atoms with Crippen LogP contribution in [0, 0.1) is 5.82 Å². The van der Waals surface area contributed by atoms with Crippen LogP contribution in [0.3, 0.4) is 0 Å². The van der Waals surface area contributed by atoms with Gasteiger partial charge in [-0.2, -0.15) is 0 Å². The number of amides is 1. The highest BCUT2D eigenvalue weighted by Gasteiger charge is 2.30. The Bertz CT molecular complexity index is 1490. The summed E-state index contributed by atoms with van der Waals surface area (Å²) in [6.07, 6.45) is 5.74. The number of ether oxygens (including phenoxy) is 1. The molecule has 1 fully saturated rings. The Hall–Kier alpha value is -4.18. The number of anilines is 1. The van der Waals surface area contributed by atoms with E-state index in [0.717, 1.165) is 23.2 Å². The molecule has 1 amide bonds. The third-order valence-electron chi connectivity index (χ3n) is 6.22. The number of nitrogens with two attached hydrogens (primary N) is 1. The number of nitrogen functional groups attached to an aromatic ring is 1. The topological polar surface area (TPSA) is 98.6 Å². The van der Waals surface area contributed by atoms with Gasteiger partial charge < -0.3 is 15.4 Å². The minimum absolute atomic E-state index is 0.00988. The van der Waals surface area contributed by atoms with Crippen molar-refractivity contribution in [2.45, 2.75) is 18.8 Å². The van der Waals surface area contributed by atoms with Gasteiger partial charge in [0.05, 0.1) is 11.2 Å². The first kappa shape index (κ1) is 23.6. The summed E-state index contributed by atoms with van der Waals surface area (Å²) >= 11 is 4.94. The molecule has 10 heteroatoms. The predicted molar refractivity (Wildman–Crippen MR) is 139 cm³/mol. The summed E-state index contributed by atoms with van der Waals surface area (Å²) in [6, 6.07) is 10.0. The number of aromatic nitrogens is 4. The Labute approximate surface area is 212 Å². The molecule has 1 saturated heterocycles. The molecule has 2 N–H and O–H groups in total. The van der Waals surface area contributed by atoms with Crippen molar-refractivity contribution >= 4 is 35.0 Å². The zero-order valence-electron chi connectivity index (χ0n) is 19.3. The largest absolute Gasteiger partial charge is 0.436 e. The molecule has 5 rings (SSSR count). The number of carbonyl (C=O) groups excluding carboxylic acids is 1. The maximum atomic E-state index is 15.2. The molecule has 1 aliphatic heterocycles. The highest BCUT2D eigenvalue weighted by atomic mass is 32.1. The summed E-state index contributed by atoms with van der Waals surface area (Å²) in [5.41, 5.74) is 9.05. The van der Waals surface area contributed by atoms with Crippen molar-refractivity contribution in [3.8, 4) is 23.0 Å². The number of fused-ring (bicyclic) bond motifs is 1. The van der Waals surface area contributed by atoms with Gasteiger partial charge in [0, 0.05) is 48.9 Å². The van der Waals surface area contributed by atoms with Crippen molar-refractivity contribution in [2.75, 3.05) is 18.8 Å². The molecule has 0 bridgehead atoms. The van der Waals surface area contributed by atoms with Crippen LogP contribution in [-0.2, 0) is 11.2 Å². The summed E-state index contributed by atoms with van der Waals surface area (Å²) in [7, 11) is 0. The average Bonchev–Trinajstić information content (AvgIpc) is 3.52. The van der Waals surface area contributed by atoms with Gasteiger partial charge in [0.15, 0.2) is 11.6 Å². The monoisotopic (exact) mass is 502 g/mol. The van der Waals surface area contributed by atoms with Crippen molar-refractivity contribution in [3.05, 3.63) is 78.5 Å². The zero-order valence-corrected chi connectivity index (χ0v) is 20.1. The van der Waals surface area contributed by atoms with Crippen LogP contribution in [0.25, 0.3) is 16.9 Å². The van der Waals surface area contributed by atoms with Gasteiger partial charge in [-0.25, -0.2) is 19.3 Å². The lowest BCUT2D eigenvalue weighted by Crippen LogP contribution is -2.26. The highest BCUT2D eigenvalue weighted by molar-refractivity contribution is 7.79. The number of nitrogens with zero attached hydrogens (tertiary/aromatic N) is 5. The Morgan fingerprint density at radius 3 is 2.92 bits per heavy atom. The van der Waals surface area contributed by atoms with Gasteiger partial charge in [0.1, 0.15) is 5.82 Å². The standard InChI is InChI=1S/C26H23FN6O2S/c1-2-22(34)32-12-8-18(15-32)23-20-7-11-30-26(28)33(20)24(31-23)17-5-6-21(19(27)14-17)35-25-16(9-13-36)4-3-10-29-25/h2-7,10-11,13-14,18H,1,8-9,12,15H2,(H2,28,30). The van der Waals surface area contributed by atoms with E-state index in [0.29, 0.717) is 36.8 Å². The van der Waals surface area contributed by atoms with E-state index in [2.05, 4.69) is 16.5 Å². The first-order valence-corrected chi connectivity index (χ1v) is 11.9. The number of hydrogen-bond donors (Lipinski definition) is 1. The van der Waals surface area contributed by atoms with Crippen LogP contribution in [-0.4, -0.2) is 48.6 Å². The molecule has 8 nitrogen and oxygen atoms in total. The Morgan fingerprint density at radius 1 is 1.28 bits per heavy atom. The number of carbonyl (C=O) groups is 1. The fourth-order valence-electron chi connectivity index (χ4n) is 4.48.